The standard InChI is InChI=1S/C7H9NO3.C2H6/c1-3-5-7(9)6(4-2)8(10)11;1-2/h3-5,9H,2H2,1H3;1-2H3/b5-3-,7-6-;. The predicted octanol–water partition coefficient (Wildman–Crippen LogP) is 2.82. The molecular formula is C9H15NO3. The molecule has 0 saturated carbocycles. The fourth-order valence-corrected chi connectivity index (χ4v) is 0.516. The van der Waals surface area contributed by atoms with Crippen molar-refractivity contribution in [1.29, 1.82) is 0 Å². The lowest BCUT2D eigenvalue weighted by Gasteiger charge is -1.91. The number of nitrogens with zero attached hydrogens (tertiary/aromatic N) is 1. The summed E-state index contributed by atoms with van der Waals surface area (Å²) in [5.41, 5.74) is -0.386. The molecule has 0 aliphatic carbocycles. The van der Waals surface area contributed by atoms with Gasteiger partial charge in [-0.3, -0.25) is 10.1 Å². The molecule has 0 unspecified atom stereocenters. The number of aliphatic hydroxyl groups excluding tert-OH is 1. The highest BCUT2D eigenvalue weighted by Gasteiger charge is 2.10. The molecule has 0 aromatic carbocycles. The third-order valence-electron chi connectivity index (χ3n) is 0.977. The van der Waals surface area contributed by atoms with Gasteiger partial charge in [-0.2, -0.15) is 0 Å². The largest absolute Gasteiger partial charge is 0.502 e. The minimum Gasteiger partial charge on any atom is -0.502 e. The molecule has 4 nitrogen and oxygen atoms in total. The average molecular weight is 185 g/mol. The molecule has 0 amide bonds. The minimum absolute atomic E-state index is 0.382. The molecule has 0 bridgehead atoms. The van der Waals surface area contributed by atoms with E-state index >= 15 is 0 Å². The van der Waals surface area contributed by atoms with Crippen molar-refractivity contribution < 1.29 is 10.0 Å². The summed E-state index contributed by atoms with van der Waals surface area (Å²) < 4.78 is 0. The number of hydrogen-bond acceptors (Lipinski definition) is 3. The van der Waals surface area contributed by atoms with Gasteiger partial charge in [0.15, 0.2) is 5.76 Å². The molecule has 1 N–H and O–H groups in total. The molecule has 0 saturated heterocycles. The summed E-state index contributed by atoms with van der Waals surface area (Å²) in [6, 6.07) is 0. The third kappa shape index (κ3) is 5.66. The SMILES string of the molecule is C=C/C(=C(O)\C=C/C)[N+](=O)[O-].CC. The molecule has 0 aromatic heterocycles. The number of allylic oxidation sites excluding steroid dienone is 3. The summed E-state index contributed by atoms with van der Waals surface area (Å²) in [5.74, 6) is -0.382. The van der Waals surface area contributed by atoms with Crippen LogP contribution in [0.1, 0.15) is 20.8 Å². The third-order valence-corrected chi connectivity index (χ3v) is 0.977. The van der Waals surface area contributed by atoms with Crippen LogP contribution in [0.2, 0.25) is 0 Å². The van der Waals surface area contributed by atoms with Crippen molar-refractivity contribution >= 4 is 0 Å². The summed E-state index contributed by atoms with van der Waals surface area (Å²) >= 11 is 0. The summed E-state index contributed by atoms with van der Waals surface area (Å²) in [6.45, 7) is 8.84. The highest BCUT2D eigenvalue weighted by atomic mass is 16.6. The Bertz CT molecular complexity index is 229. The van der Waals surface area contributed by atoms with E-state index in [4.69, 9.17) is 5.11 Å². The zero-order chi connectivity index (χ0) is 10.9. The van der Waals surface area contributed by atoms with Crippen molar-refractivity contribution in [2.75, 3.05) is 0 Å². The van der Waals surface area contributed by atoms with E-state index in [1.165, 1.54) is 12.2 Å². The monoisotopic (exact) mass is 185 g/mol. The first-order valence-corrected chi connectivity index (χ1v) is 3.96. The molecule has 0 rings (SSSR count). The Hall–Kier alpha value is -1.58. The van der Waals surface area contributed by atoms with E-state index in [9.17, 15) is 10.1 Å². The van der Waals surface area contributed by atoms with E-state index in [0.717, 1.165) is 6.08 Å². The van der Waals surface area contributed by atoms with Crippen LogP contribution in [0.5, 0.6) is 0 Å². The van der Waals surface area contributed by atoms with E-state index in [-0.39, 0.29) is 11.5 Å². The van der Waals surface area contributed by atoms with Gasteiger partial charge >= 0.3 is 5.70 Å². The van der Waals surface area contributed by atoms with Crippen LogP contribution in [0.25, 0.3) is 0 Å². The first kappa shape index (κ1) is 14.0. The van der Waals surface area contributed by atoms with Gasteiger partial charge in [0.1, 0.15) is 0 Å². The molecule has 0 radical (unpaired) electrons. The van der Waals surface area contributed by atoms with E-state index in [1.807, 2.05) is 13.8 Å². The van der Waals surface area contributed by atoms with Crippen LogP contribution in [0.4, 0.5) is 0 Å². The Kier molecular flexibility index (Phi) is 9.15. The van der Waals surface area contributed by atoms with E-state index in [0.29, 0.717) is 0 Å². The van der Waals surface area contributed by atoms with Gasteiger partial charge < -0.3 is 5.11 Å². The van der Waals surface area contributed by atoms with Crippen molar-refractivity contribution in [3.63, 3.8) is 0 Å². The second-order valence-electron chi connectivity index (χ2n) is 1.73. The quantitative estimate of drug-likeness (QED) is 0.318. The molecule has 0 heterocycles. The molecule has 0 aliphatic heterocycles. The molecule has 13 heavy (non-hydrogen) atoms. The van der Waals surface area contributed by atoms with Crippen LogP contribution in [-0.4, -0.2) is 10.0 Å². The Morgan fingerprint density at radius 2 is 2.00 bits per heavy atom. The lowest BCUT2D eigenvalue weighted by Crippen LogP contribution is -1.98. The van der Waals surface area contributed by atoms with E-state index in [2.05, 4.69) is 6.58 Å². The van der Waals surface area contributed by atoms with Gasteiger partial charge in [0, 0.05) is 6.08 Å². The molecule has 0 aromatic rings. The van der Waals surface area contributed by atoms with Gasteiger partial charge in [0.25, 0.3) is 0 Å². The molecule has 0 fully saturated rings. The van der Waals surface area contributed by atoms with Gasteiger partial charge in [0.05, 0.1) is 4.92 Å². The van der Waals surface area contributed by atoms with Crippen LogP contribution in [0.15, 0.2) is 36.3 Å². The Morgan fingerprint density at radius 1 is 1.54 bits per heavy atom. The number of rotatable bonds is 3. The van der Waals surface area contributed by atoms with Crippen molar-refractivity contribution in [1.82, 2.24) is 0 Å². The zero-order valence-electron chi connectivity index (χ0n) is 8.15. The smallest absolute Gasteiger partial charge is 0.310 e. The van der Waals surface area contributed by atoms with Crippen molar-refractivity contribution in [3.05, 3.63) is 46.4 Å². The Labute approximate surface area is 78.0 Å². The first-order chi connectivity index (χ1) is 6.13. The average Bonchev–Trinajstić information content (AvgIpc) is 2.09. The topological polar surface area (TPSA) is 63.4 Å². The fraction of sp³-hybridized carbons (Fsp3) is 0.333. The van der Waals surface area contributed by atoms with Gasteiger partial charge in [-0.05, 0) is 13.0 Å². The maximum atomic E-state index is 10.1. The van der Waals surface area contributed by atoms with Gasteiger partial charge in [-0.15, -0.1) is 0 Å². The fourth-order valence-electron chi connectivity index (χ4n) is 0.516. The van der Waals surface area contributed by atoms with Crippen molar-refractivity contribution in [2.24, 2.45) is 0 Å². The Balaban J connectivity index is 0. The highest BCUT2D eigenvalue weighted by molar-refractivity contribution is 5.20. The molecule has 0 atom stereocenters. The highest BCUT2D eigenvalue weighted by Crippen LogP contribution is 2.04. The summed E-state index contributed by atoms with van der Waals surface area (Å²) in [7, 11) is 0. The van der Waals surface area contributed by atoms with Crippen LogP contribution in [0, 0.1) is 10.1 Å². The van der Waals surface area contributed by atoms with Crippen molar-refractivity contribution in [2.45, 2.75) is 20.8 Å². The van der Waals surface area contributed by atoms with Crippen LogP contribution < -0.4 is 0 Å². The maximum Gasteiger partial charge on any atom is 0.310 e. The van der Waals surface area contributed by atoms with E-state index < -0.39 is 4.92 Å². The summed E-state index contributed by atoms with van der Waals surface area (Å²) in [5, 5.41) is 19.1. The normalized spacial score (nSPS) is 11.3. The van der Waals surface area contributed by atoms with Crippen LogP contribution in [0.3, 0.4) is 0 Å². The molecule has 74 valence electrons. The van der Waals surface area contributed by atoms with Crippen LogP contribution in [-0.2, 0) is 0 Å². The number of aliphatic hydroxyl groups is 1. The second kappa shape index (κ2) is 8.52. The van der Waals surface area contributed by atoms with Crippen molar-refractivity contribution in [3.8, 4) is 0 Å². The lowest BCUT2D eigenvalue weighted by atomic mass is 10.3. The lowest BCUT2D eigenvalue weighted by molar-refractivity contribution is -0.421. The van der Waals surface area contributed by atoms with Gasteiger partial charge in [-0.1, -0.05) is 26.5 Å². The second-order valence-corrected chi connectivity index (χ2v) is 1.73. The Morgan fingerprint density at radius 3 is 2.23 bits per heavy atom. The molecule has 4 heteroatoms. The maximum absolute atomic E-state index is 10.1. The summed E-state index contributed by atoms with van der Waals surface area (Å²) in [6.07, 6.45) is 3.73. The molecular weight excluding hydrogens is 170 g/mol. The first-order valence-electron chi connectivity index (χ1n) is 3.96. The van der Waals surface area contributed by atoms with Crippen LogP contribution >= 0.6 is 0 Å². The molecule has 0 spiro atoms. The number of nitro groups is 1. The van der Waals surface area contributed by atoms with Gasteiger partial charge in [0.2, 0.25) is 0 Å². The van der Waals surface area contributed by atoms with Gasteiger partial charge in [-0.25, -0.2) is 0 Å². The molecule has 0 aliphatic rings. The van der Waals surface area contributed by atoms with E-state index in [1.54, 1.807) is 6.92 Å². The number of hydrogen-bond donors (Lipinski definition) is 1. The predicted molar refractivity (Wildman–Crippen MR) is 53.0 cm³/mol. The summed E-state index contributed by atoms with van der Waals surface area (Å²) in [4.78, 5) is 9.44. The minimum atomic E-state index is -0.692. The zero-order valence-corrected chi connectivity index (χ0v) is 8.15.